The van der Waals surface area contributed by atoms with E-state index in [2.05, 4.69) is 15.0 Å². The molecule has 1 aromatic carbocycles. The van der Waals surface area contributed by atoms with Gasteiger partial charge in [0.05, 0.1) is 25.4 Å². The van der Waals surface area contributed by atoms with Crippen LogP contribution in [0.15, 0.2) is 46.3 Å². The van der Waals surface area contributed by atoms with Crippen LogP contribution in [0.25, 0.3) is 0 Å². The van der Waals surface area contributed by atoms with Gasteiger partial charge in [-0.05, 0) is 70.7 Å². The lowest BCUT2D eigenvalue weighted by atomic mass is 9.73. The number of ether oxygens (including phenoxy) is 1. The molecule has 16 heteroatoms. The smallest absolute Gasteiger partial charge is 0.406 e. The fraction of sp³-hybridized carbons (Fsp3) is 0.500. The zero-order chi connectivity index (χ0) is 30.5. The third kappa shape index (κ3) is 6.37. The summed E-state index contributed by atoms with van der Waals surface area (Å²) in [6.45, 7) is 5.24. The predicted octanol–water partition coefficient (Wildman–Crippen LogP) is 4.94. The zero-order valence-electron chi connectivity index (χ0n) is 21.6. The molecule has 40 heavy (non-hydrogen) atoms. The summed E-state index contributed by atoms with van der Waals surface area (Å²) in [6, 6.07) is 3.64. The molecule has 1 N–H and O–H groups in total. The number of sulfone groups is 2. The molecule has 1 aromatic heterocycles. The van der Waals surface area contributed by atoms with Crippen LogP contribution < -0.4 is 10.1 Å². The number of carbonyl (C=O) groups is 1. The summed E-state index contributed by atoms with van der Waals surface area (Å²) in [5.74, 6) is -2.33. The minimum Gasteiger partial charge on any atom is -0.406 e. The summed E-state index contributed by atoms with van der Waals surface area (Å²) in [5.41, 5.74) is -2.07. The molecule has 2 aromatic rings. The lowest BCUT2D eigenvalue weighted by Gasteiger charge is -2.44. The molecule has 222 valence electrons. The van der Waals surface area contributed by atoms with Crippen LogP contribution in [0, 0.1) is 5.92 Å². The van der Waals surface area contributed by atoms with Gasteiger partial charge in [-0.2, -0.15) is 13.2 Å². The molecule has 0 aliphatic heterocycles. The lowest BCUT2D eigenvalue weighted by Crippen LogP contribution is -2.53. The minimum atomic E-state index is -5.02. The Hall–Kier alpha value is -2.88. The largest absolute Gasteiger partial charge is 0.573 e. The first-order valence-corrected chi connectivity index (χ1v) is 14.8. The molecule has 1 heterocycles. The van der Waals surface area contributed by atoms with E-state index in [1.165, 1.54) is 27.7 Å². The molecule has 0 radical (unpaired) electrons. The van der Waals surface area contributed by atoms with Crippen LogP contribution in [0.1, 0.15) is 56.6 Å². The first kappa shape index (κ1) is 31.6. The summed E-state index contributed by atoms with van der Waals surface area (Å²) >= 11 is 0. The number of aromatic nitrogens is 1. The molecule has 0 saturated heterocycles. The van der Waals surface area contributed by atoms with Gasteiger partial charge in [-0.3, -0.25) is 4.79 Å². The number of amides is 1. The van der Waals surface area contributed by atoms with Crippen LogP contribution in [0.4, 0.5) is 26.3 Å². The number of hydrogen-bond donors (Lipinski definition) is 1. The highest BCUT2D eigenvalue weighted by Gasteiger charge is 2.49. The molecule has 1 aliphatic rings. The minimum absolute atomic E-state index is 0.0869. The quantitative estimate of drug-likeness (QED) is 0.417. The highest BCUT2D eigenvalue weighted by Crippen LogP contribution is 2.44. The fourth-order valence-corrected chi connectivity index (χ4v) is 7.14. The normalized spacial score (nSPS) is 18.8. The summed E-state index contributed by atoms with van der Waals surface area (Å²) in [5, 5.41) is 1.33. The van der Waals surface area contributed by atoms with Gasteiger partial charge in [0.1, 0.15) is 11.4 Å². The van der Waals surface area contributed by atoms with E-state index in [0.717, 1.165) is 24.3 Å². The van der Waals surface area contributed by atoms with Crippen LogP contribution in [0.2, 0.25) is 0 Å². The Kier molecular flexibility index (Phi) is 8.31. The van der Waals surface area contributed by atoms with Crippen molar-refractivity contribution >= 4 is 25.6 Å². The van der Waals surface area contributed by atoms with Crippen LogP contribution in [0.3, 0.4) is 0 Å². The molecule has 1 fully saturated rings. The van der Waals surface area contributed by atoms with Crippen molar-refractivity contribution in [2.45, 2.75) is 78.9 Å². The molecule has 3 rings (SSSR count). The monoisotopic (exact) mass is 616 g/mol. The van der Waals surface area contributed by atoms with Crippen molar-refractivity contribution in [3.8, 4) is 5.75 Å². The molecular formula is C24H26F6N2O6S2. The molecule has 0 spiro atoms. The van der Waals surface area contributed by atoms with E-state index in [1.807, 2.05) is 0 Å². The van der Waals surface area contributed by atoms with Gasteiger partial charge in [0.15, 0.2) is 19.7 Å². The van der Waals surface area contributed by atoms with Gasteiger partial charge >= 0.3 is 12.5 Å². The van der Waals surface area contributed by atoms with Crippen molar-refractivity contribution < 1.29 is 52.7 Å². The number of hydrogen-bond acceptors (Lipinski definition) is 7. The molecule has 0 bridgehead atoms. The van der Waals surface area contributed by atoms with E-state index in [0.29, 0.717) is 12.3 Å². The Labute approximate surface area is 227 Å². The summed E-state index contributed by atoms with van der Waals surface area (Å²) in [6.07, 6.45) is -9.40. The van der Waals surface area contributed by atoms with Crippen LogP contribution in [-0.4, -0.2) is 50.1 Å². The Bertz CT molecular complexity index is 1500. The topological polar surface area (TPSA) is 119 Å². The number of carbonyl (C=O) groups excluding carboxylic acids is 1. The fourth-order valence-electron chi connectivity index (χ4n) is 4.16. The van der Waals surface area contributed by atoms with E-state index in [9.17, 15) is 48.0 Å². The molecule has 0 atom stereocenters. The highest BCUT2D eigenvalue weighted by molar-refractivity contribution is 7.93. The number of alkyl halides is 6. The van der Waals surface area contributed by atoms with Crippen LogP contribution in [0.5, 0.6) is 5.75 Å². The Morgan fingerprint density at radius 2 is 1.62 bits per heavy atom. The third-order valence-electron chi connectivity index (χ3n) is 6.82. The lowest BCUT2D eigenvalue weighted by molar-refractivity contribution is -0.274. The maximum absolute atomic E-state index is 13.3. The third-order valence-corrected chi connectivity index (χ3v) is 11.6. The zero-order valence-corrected chi connectivity index (χ0v) is 23.2. The van der Waals surface area contributed by atoms with E-state index in [4.69, 9.17) is 0 Å². The van der Waals surface area contributed by atoms with Gasteiger partial charge in [0.25, 0.3) is 5.91 Å². The molecule has 1 saturated carbocycles. The molecule has 1 aliphatic carbocycles. The number of halogens is 6. The molecular weight excluding hydrogens is 590 g/mol. The van der Waals surface area contributed by atoms with Crippen LogP contribution >= 0.6 is 0 Å². The second-order valence-corrected chi connectivity index (χ2v) is 15.1. The SMILES string of the molecule is CC(C)S(=O)(=O)c1cc(C(F)(F)F)cnc1C(=O)N[C@H]1C[C@H](C(C)(C)S(=O)(=O)c2cccc(OC(F)(F)F)c2)C1. The average Bonchev–Trinajstić information content (AvgIpc) is 2.78. The van der Waals surface area contributed by atoms with Crippen molar-refractivity contribution in [2.75, 3.05) is 0 Å². The highest BCUT2D eigenvalue weighted by atomic mass is 32.2. The van der Waals surface area contributed by atoms with Gasteiger partial charge in [-0.1, -0.05) is 6.07 Å². The molecule has 1 amide bonds. The number of nitrogens with one attached hydrogen (secondary N) is 1. The average molecular weight is 617 g/mol. The van der Waals surface area contributed by atoms with Crippen molar-refractivity contribution in [3.05, 3.63) is 47.8 Å². The van der Waals surface area contributed by atoms with Crippen molar-refractivity contribution in [1.82, 2.24) is 10.3 Å². The first-order chi connectivity index (χ1) is 18.1. The number of rotatable bonds is 8. The number of nitrogens with zero attached hydrogens (tertiary/aromatic N) is 1. The molecule has 8 nitrogen and oxygen atoms in total. The Balaban J connectivity index is 1.79. The van der Waals surface area contributed by atoms with Crippen molar-refractivity contribution in [3.63, 3.8) is 0 Å². The van der Waals surface area contributed by atoms with Crippen molar-refractivity contribution in [1.29, 1.82) is 0 Å². The summed E-state index contributed by atoms with van der Waals surface area (Å²) in [4.78, 5) is 15.1. The van der Waals surface area contributed by atoms with Gasteiger partial charge in [-0.25, -0.2) is 21.8 Å². The van der Waals surface area contributed by atoms with E-state index >= 15 is 0 Å². The predicted molar refractivity (Wildman–Crippen MR) is 130 cm³/mol. The van der Waals surface area contributed by atoms with E-state index < -0.39 is 86.9 Å². The summed E-state index contributed by atoms with van der Waals surface area (Å²) in [7, 11) is -8.54. The van der Waals surface area contributed by atoms with E-state index in [1.54, 1.807) is 0 Å². The van der Waals surface area contributed by atoms with Gasteiger partial charge < -0.3 is 10.1 Å². The first-order valence-electron chi connectivity index (χ1n) is 11.8. The second-order valence-electron chi connectivity index (χ2n) is 10.1. The number of pyridine rings is 1. The maximum Gasteiger partial charge on any atom is 0.573 e. The van der Waals surface area contributed by atoms with Crippen molar-refractivity contribution in [2.24, 2.45) is 5.92 Å². The Morgan fingerprint density at radius 3 is 2.15 bits per heavy atom. The van der Waals surface area contributed by atoms with Gasteiger partial charge in [-0.15, -0.1) is 13.2 Å². The van der Waals surface area contributed by atoms with E-state index in [-0.39, 0.29) is 12.8 Å². The standard InChI is InChI=1S/C24H26F6N2O6S2/c1-13(2)39(34,35)19-10-15(23(25,26)27)12-31-20(19)21(33)32-16-8-14(9-16)22(3,4)40(36,37)18-7-5-6-17(11-18)38-24(28,29)30/h5-7,10-14,16H,8-9H2,1-4H3,(H,32,33)/t14-,16-. The second kappa shape index (κ2) is 10.5. The molecule has 0 unspecified atom stereocenters. The number of benzene rings is 1. The van der Waals surface area contributed by atoms with Crippen LogP contribution in [-0.2, 0) is 25.9 Å². The van der Waals surface area contributed by atoms with Gasteiger partial charge in [0.2, 0.25) is 0 Å². The summed E-state index contributed by atoms with van der Waals surface area (Å²) < 4.78 is 132. The Morgan fingerprint density at radius 1 is 1.02 bits per heavy atom. The maximum atomic E-state index is 13.3. The van der Waals surface area contributed by atoms with Gasteiger partial charge in [0, 0.05) is 12.2 Å².